The molecule has 0 amide bonds. The van der Waals surface area contributed by atoms with Crippen LogP contribution >= 0.6 is 11.6 Å². The summed E-state index contributed by atoms with van der Waals surface area (Å²) in [5, 5.41) is 3.88. The lowest BCUT2D eigenvalue weighted by Gasteiger charge is -2.08. The third-order valence-electron chi connectivity index (χ3n) is 4.02. The van der Waals surface area contributed by atoms with Crippen LogP contribution in [0, 0.1) is 0 Å². The number of pyridine rings is 1. The molecule has 21 heavy (non-hydrogen) atoms. The fourth-order valence-corrected chi connectivity index (χ4v) is 3.13. The predicted octanol–water partition coefficient (Wildman–Crippen LogP) is 3.23. The van der Waals surface area contributed by atoms with Crippen LogP contribution in [-0.4, -0.2) is 14.1 Å². The van der Waals surface area contributed by atoms with Crippen molar-refractivity contribution in [2.75, 3.05) is 0 Å². The number of benzene rings is 2. The summed E-state index contributed by atoms with van der Waals surface area (Å²) >= 11 is 6.19. The molecule has 2 heterocycles. The zero-order valence-electron chi connectivity index (χ0n) is 11.6. The van der Waals surface area contributed by atoms with Gasteiger partial charge in [0, 0.05) is 31.1 Å². The van der Waals surface area contributed by atoms with Gasteiger partial charge in [-0.2, -0.15) is 0 Å². The maximum absolute atomic E-state index is 12.6. The molecule has 0 aliphatic carbocycles. The highest BCUT2D eigenvalue weighted by Crippen LogP contribution is 2.33. The quantitative estimate of drug-likeness (QED) is 0.468. The second-order valence-corrected chi connectivity index (χ2v) is 5.54. The Morgan fingerprint density at radius 3 is 2.52 bits per heavy atom. The van der Waals surface area contributed by atoms with Gasteiger partial charge in [-0.3, -0.25) is 4.79 Å². The fraction of sp³-hybridized carbons (Fsp3) is 0.125. The monoisotopic (exact) mass is 297 g/mol. The highest BCUT2D eigenvalue weighted by Gasteiger charge is 2.16. The zero-order chi connectivity index (χ0) is 14.7. The molecule has 0 radical (unpaired) electrons. The van der Waals surface area contributed by atoms with Crippen molar-refractivity contribution < 1.29 is 0 Å². The molecule has 4 rings (SSSR count). The van der Waals surface area contributed by atoms with Gasteiger partial charge in [0.15, 0.2) is 0 Å². The number of fused-ring (bicyclic) bond motifs is 6. The summed E-state index contributed by atoms with van der Waals surface area (Å²) in [7, 11) is 3.64. The van der Waals surface area contributed by atoms with E-state index in [4.69, 9.17) is 11.6 Å². The van der Waals surface area contributed by atoms with Gasteiger partial charge in [-0.15, -0.1) is 0 Å². The van der Waals surface area contributed by atoms with Crippen LogP contribution in [0.5, 0.6) is 0 Å². The summed E-state index contributed by atoms with van der Waals surface area (Å²) in [6, 6.07) is 9.80. The molecule has 2 aromatic heterocycles. The Labute approximate surface area is 125 Å². The molecule has 104 valence electrons. The van der Waals surface area contributed by atoms with E-state index in [0.717, 1.165) is 27.2 Å². The number of imidazole rings is 1. The van der Waals surface area contributed by atoms with Crippen molar-refractivity contribution in [3.63, 3.8) is 0 Å². The van der Waals surface area contributed by atoms with Crippen LogP contribution in [0.4, 0.5) is 0 Å². The number of hydrogen-bond acceptors (Lipinski definition) is 2. The van der Waals surface area contributed by atoms with Crippen LogP contribution in [-0.2, 0) is 14.1 Å². The zero-order valence-corrected chi connectivity index (χ0v) is 12.3. The van der Waals surface area contributed by atoms with E-state index >= 15 is 0 Å². The van der Waals surface area contributed by atoms with Crippen LogP contribution in [0.1, 0.15) is 0 Å². The lowest BCUT2D eigenvalue weighted by Crippen LogP contribution is -2.16. The van der Waals surface area contributed by atoms with Gasteiger partial charge in [0.2, 0.25) is 5.28 Å². The van der Waals surface area contributed by atoms with Gasteiger partial charge in [0.25, 0.3) is 5.56 Å². The standard InChI is InChI=1S/C16H12ClN3O/c1-19-8-7-11-12(15(19)21)9-5-3-4-6-10(9)14-13(11)18-16(17)20(14)2/h3-8H,1-2H3. The minimum absolute atomic E-state index is 0.0209. The molecule has 4 nitrogen and oxygen atoms in total. The molecular formula is C16H12ClN3O. The van der Waals surface area contributed by atoms with E-state index in [-0.39, 0.29) is 5.56 Å². The molecule has 0 N–H and O–H groups in total. The average Bonchev–Trinajstić information content (AvgIpc) is 2.79. The molecule has 0 atom stereocenters. The molecule has 5 heteroatoms. The van der Waals surface area contributed by atoms with E-state index in [2.05, 4.69) is 4.98 Å². The minimum Gasteiger partial charge on any atom is -0.318 e. The molecular weight excluding hydrogens is 286 g/mol. The smallest absolute Gasteiger partial charge is 0.258 e. The molecule has 0 saturated heterocycles. The fourth-order valence-electron chi connectivity index (χ4n) is 2.96. The number of aromatic nitrogens is 3. The van der Waals surface area contributed by atoms with Gasteiger partial charge in [0.1, 0.15) is 0 Å². The van der Waals surface area contributed by atoms with Crippen molar-refractivity contribution in [1.82, 2.24) is 14.1 Å². The summed E-state index contributed by atoms with van der Waals surface area (Å²) < 4.78 is 3.45. The molecule has 4 aromatic rings. The topological polar surface area (TPSA) is 39.8 Å². The molecule has 0 saturated carbocycles. The molecule has 0 bridgehead atoms. The first-order valence-corrected chi connectivity index (χ1v) is 6.99. The van der Waals surface area contributed by atoms with Crippen molar-refractivity contribution in [3.05, 3.63) is 52.2 Å². The summed E-state index contributed by atoms with van der Waals surface area (Å²) in [5.74, 6) is 0. The summed E-state index contributed by atoms with van der Waals surface area (Å²) in [6.45, 7) is 0. The molecule has 0 aliphatic heterocycles. The summed E-state index contributed by atoms with van der Waals surface area (Å²) in [5.41, 5.74) is 1.71. The number of hydrogen-bond donors (Lipinski definition) is 0. The third kappa shape index (κ3) is 1.51. The largest absolute Gasteiger partial charge is 0.318 e. The van der Waals surface area contributed by atoms with Gasteiger partial charge < -0.3 is 9.13 Å². The Balaban J connectivity index is 2.50. The second-order valence-electron chi connectivity index (χ2n) is 5.20. The van der Waals surface area contributed by atoms with Gasteiger partial charge in [-0.05, 0) is 23.1 Å². The van der Waals surface area contributed by atoms with Crippen LogP contribution in [0.2, 0.25) is 5.28 Å². The summed E-state index contributed by atoms with van der Waals surface area (Å²) in [6.07, 6.45) is 1.77. The third-order valence-corrected chi connectivity index (χ3v) is 4.35. The molecule has 0 aliphatic rings. The highest BCUT2D eigenvalue weighted by atomic mass is 35.5. The maximum atomic E-state index is 12.6. The predicted molar refractivity (Wildman–Crippen MR) is 86.0 cm³/mol. The molecule has 0 unspecified atom stereocenters. The van der Waals surface area contributed by atoms with Crippen LogP contribution in [0.25, 0.3) is 32.6 Å². The van der Waals surface area contributed by atoms with Crippen molar-refractivity contribution in [3.8, 4) is 0 Å². The van der Waals surface area contributed by atoms with Crippen LogP contribution in [0.15, 0.2) is 41.3 Å². The van der Waals surface area contributed by atoms with E-state index < -0.39 is 0 Å². The number of nitrogens with zero attached hydrogens (tertiary/aromatic N) is 3. The maximum Gasteiger partial charge on any atom is 0.258 e. The van der Waals surface area contributed by atoms with Gasteiger partial charge >= 0.3 is 0 Å². The molecule has 0 spiro atoms. The van der Waals surface area contributed by atoms with E-state index in [1.807, 2.05) is 41.9 Å². The van der Waals surface area contributed by atoms with E-state index in [1.54, 1.807) is 17.8 Å². The minimum atomic E-state index is -0.0209. The lowest BCUT2D eigenvalue weighted by molar-refractivity contribution is 0.874. The van der Waals surface area contributed by atoms with Gasteiger partial charge in [-0.1, -0.05) is 24.3 Å². The number of aryl methyl sites for hydroxylation is 2. The Kier molecular flexibility index (Phi) is 2.41. The summed E-state index contributed by atoms with van der Waals surface area (Å²) in [4.78, 5) is 17.0. The SMILES string of the molecule is Cn1ccc2c3nc(Cl)n(C)c3c3ccccc3c2c1=O. The number of rotatable bonds is 0. The lowest BCUT2D eigenvalue weighted by atomic mass is 10.0. The first-order chi connectivity index (χ1) is 10.1. The van der Waals surface area contributed by atoms with Crippen LogP contribution < -0.4 is 5.56 Å². The Morgan fingerprint density at radius 2 is 1.76 bits per heavy atom. The van der Waals surface area contributed by atoms with Crippen molar-refractivity contribution >= 4 is 44.2 Å². The van der Waals surface area contributed by atoms with Crippen molar-refractivity contribution in [2.24, 2.45) is 14.1 Å². The highest BCUT2D eigenvalue weighted by molar-refractivity contribution is 6.31. The van der Waals surface area contributed by atoms with E-state index in [1.165, 1.54) is 0 Å². The Hall–Kier alpha value is -2.33. The first-order valence-electron chi connectivity index (χ1n) is 6.61. The van der Waals surface area contributed by atoms with Crippen molar-refractivity contribution in [1.29, 1.82) is 0 Å². The Morgan fingerprint density at radius 1 is 1.05 bits per heavy atom. The van der Waals surface area contributed by atoms with E-state index in [9.17, 15) is 4.79 Å². The molecule has 0 fully saturated rings. The van der Waals surface area contributed by atoms with Gasteiger partial charge in [-0.25, -0.2) is 4.98 Å². The van der Waals surface area contributed by atoms with Gasteiger partial charge in [0.05, 0.1) is 16.4 Å². The van der Waals surface area contributed by atoms with Crippen LogP contribution in [0.3, 0.4) is 0 Å². The Bertz CT molecular complexity index is 1090. The van der Waals surface area contributed by atoms with E-state index in [0.29, 0.717) is 10.7 Å². The first kappa shape index (κ1) is 12.4. The normalized spacial score (nSPS) is 11.8. The number of halogens is 1. The molecule has 2 aromatic carbocycles. The second kappa shape index (κ2) is 4.09. The van der Waals surface area contributed by atoms with Crippen molar-refractivity contribution in [2.45, 2.75) is 0 Å². The average molecular weight is 298 g/mol.